The second-order valence-corrected chi connectivity index (χ2v) is 10.5. The van der Waals surface area contributed by atoms with Crippen LogP contribution in [0.1, 0.15) is 87.5 Å². The van der Waals surface area contributed by atoms with E-state index in [0.717, 1.165) is 73.6 Å². The van der Waals surface area contributed by atoms with Gasteiger partial charge in [-0.1, -0.05) is 94.1 Å². The van der Waals surface area contributed by atoms with Crippen LogP contribution in [0, 0.1) is 23.4 Å². The van der Waals surface area contributed by atoms with E-state index in [1.54, 1.807) is 18.2 Å². The number of hydrogen-bond acceptors (Lipinski definition) is 0. The average molecular weight is 505 g/mol. The molecule has 1 aliphatic carbocycles. The van der Waals surface area contributed by atoms with Crippen LogP contribution in [0.5, 0.6) is 0 Å². The van der Waals surface area contributed by atoms with Gasteiger partial charge in [0.15, 0.2) is 11.6 Å². The summed E-state index contributed by atoms with van der Waals surface area (Å²) in [6, 6.07) is 16.7. The molecular formula is C34H39F3. The Hall–Kier alpha value is -2.81. The van der Waals surface area contributed by atoms with Crippen LogP contribution in [0.15, 0.2) is 60.7 Å². The van der Waals surface area contributed by atoms with Gasteiger partial charge in [0, 0.05) is 11.1 Å². The summed E-state index contributed by atoms with van der Waals surface area (Å²) >= 11 is 0. The van der Waals surface area contributed by atoms with E-state index >= 15 is 0 Å². The zero-order valence-corrected chi connectivity index (χ0v) is 22.3. The summed E-state index contributed by atoms with van der Waals surface area (Å²) in [7, 11) is 0. The molecule has 0 radical (unpaired) electrons. The van der Waals surface area contributed by atoms with E-state index in [1.165, 1.54) is 6.42 Å². The Balaban J connectivity index is 1.38. The molecule has 0 saturated carbocycles. The minimum absolute atomic E-state index is 0.201. The van der Waals surface area contributed by atoms with Gasteiger partial charge in [0.2, 0.25) is 0 Å². The van der Waals surface area contributed by atoms with E-state index in [9.17, 15) is 13.2 Å². The smallest absolute Gasteiger partial charge is 0.166 e. The van der Waals surface area contributed by atoms with Crippen molar-refractivity contribution in [3.8, 4) is 11.1 Å². The standard InChI is InChI=1S/C34H39F3/c1-3-5-6-8-26-14-21-30(32(35)23-26)27-15-11-25(12-16-27)13-19-29-20-22-31(34(37)33(29)36)28-17-9-24(7-4-2)10-18-28/h11-12,14-17,20-24H,3-10,13,18-19H2,1-2H3. The Morgan fingerprint density at radius 2 is 1.49 bits per heavy atom. The van der Waals surface area contributed by atoms with Gasteiger partial charge in [0.05, 0.1) is 0 Å². The molecule has 1 unspecified atom stereocenters. The first-order valence-electron chi connectivity index (χ1n) is 14.0. The predicted molar refractivity (Wildman–Crippen MR) is 149 cm³/mol. The molecule has 3 aromatic rings. The highest BCUT2D eigenvalue weighted by atomic mass is 19.2. The van der Waals surface area contributed by atoms with E-state index < -0.39 is 11.6 Å². The van der Waals surface area contributed by atoms with Gasteiger partial charge >= 0.3 is 0 Å². The van der Waals surface area contributed by atoms with Crippen LogP contribution < -0.4 is 0 Å². The fraction of sp³-hybridized carbons (Fsp3) is 0.412. The molecule has 1 atom stereocenters. The number of rotatable bonds is 11. The van der Waals surface area contributed by atoms with Crippen molar-refractivity contribution in [2.24, 2.45) is 5.92 Å². The average Bonchev–Trinajstić information content (AvgIpc) is 2.91. The highest BCUT2D eigenvalue weighted by molar-refractivity contribution is 5.67. The Labute approximate surface area is 220 Å². The number of allylic oxidation sites excluding steroid dienone is 2. The van der Waals surface area contributed by atoms with Gasteiger partial charge in [-0.2, -0.15) is 0 Å². The van der Waals surface area contributed by atoms with Crippen LogP contribution in [0.25, 0.3) is 16.7 Å². The predicted octanol–water partition coefficient (Wildman–Crippen LogP) is 10.3. The second kappa shape index (κ2) is 13.1. The van der Waals surface area contributed by atoms with Crippen molar-refractivity contribution in [3.05, 3.63) is 100 Å². The molecule has 0 saturated heterocycles. The maximum atomic E-state index is 15.0. The van der Waals surface area contributed by atoms with Crippen molar-refractivity contribution in [2.75, 3.05) is 0 Å². The first kappa shape index (κ1) is 27.2. The van der Waals surface area contributed by atoms with Crippen LogP contribution in [-0.4, -0.2) is 0 Å². The molecule has 3 aromatic carbocycles. The highest BCUT2D eigenvalue weighted by Gasteiger charge is 2.20. The van der Waals surface area contributed by atoms with Gasteiger partial charge in [-0.25, -0.2) is 13.2 Å². The molecule has 0 spiro atoms. The molecule has 0 fully saturated rings. The van der Waals surface area contributed by atoms with Crippen LogP contribution >= 0.6 is 0 Å². The lowest BCUT2D eigenvalue weighted by Crippen LogP contribution is -2.07. The van der Waals surface area contributed by atoms with E-state index in [-0.39, 0.29) is 5.82 Å². The minimum atomic E-state index is -0.730. The van der Waals surface area contributed by atoms with E-state index in [2.05, 4.69) is 19.9 Å². The molecule has 0 nitrogen and oxygen atoms in total. The van der Waals surface area contributed by atoms with Crippen molar-refractivity contribution in [1.29, 1.82) is 0 Å². The maximum absolute atomic E-state index is 15.0. The fourth-order valence-electron chi connectivity index (χ4n) is 5.49. The third-order valence-electron chi connectivity index (χ3n) is 7.78. The summed E-state index contributed by atoms with van der Waals surface area (Å²) in [4.78, 5) is 0. The molecule has 37 heavy (non-hydrogen) atoms. The summed E-state index contributed by atoms with van der Waals surface area (Å²) in [5, 5.41) is 0. The number of aryl methyl sites for hydroxylation is 3. The molecule has 0 amide bonds. The number of unbranched alkanes of at least 4 members (excludes halogenated alkanes) is 2. The summed E-state index contributed by atoms with van der Waals surface area (Å²) < 4.78 is 44.6. The summed E-state index contributed by atoms with van der Waals surface area (Å²) in [6.07, 6.45) is 12.6. The van der Waals surface area contributed by atoms with E-state index in [0.29, 0.717) is 35.4 Å². The van der Waals surface area contributed by atoms with Gasteiger partial charge in [-0.05, 0) is 84.8 Å². The molecule has 196 valence electrons. The highest BCUT2D eigenvalue weighted by Crippen LogP contribution is 2.34. The van der Waals surface area contributed by atoms with Crippen molar-refractivity contribution < 1.29 is 13.2 Å². The normalized spacial score (nSPS) is 15.6. The first-order valence-corrected chi connectivity index (χ1v) is 14.0. The molecule has 0 aromatic heterocycles. The molecule has 3 heteroatoms. The Morgan fingerprint density at radius 1 is 0.730 bits per heavy atom. The zero-order chi connectivity index (χ0) is 26.2. The summed E-state index contributed by atoms with van der Waals surface area (Å²) in [5.74, 6) is -0.986. The Kier molecular flexibility index (Phi) is 9.66. The van der Waals surface area contributed by atoms with Crippen LogP contribution in [-0.2, 0) is 19.3 Å². The topological polar surface area (TPSA) is 0 Å². The van der Waals surface area contributed by atoms with Crippen molar-refractivity contribution in [2.45, 2.75) is 84.5 Å². The lowest BCUT2D eigenvalue weighted by atomic mass is 9.84. The van der Waals surface area contributed by atoms with Gasteiger partial charge < -0.3 is 0 Å². The molecule has 0 heterocycles. The lowest BCUT2D eigenvalue weighted by Gasteiger charge is -2.22. The zero-order valence-electron chi connectivity index (χ0n) is 22.3. The van der Waals surface area contributed by atoms with Gasteiger partial charge in [-0.15, -0.1) is 0 Å². The van der Waals surface area contributed by atoms with Crippen molar-refractivity contribution >= 4 is 5.57 Å². The van der Waals surface area contributed by atoms with Crippen molar-refractivity contribution in [1.82, 2.24) is 0 Å². The third kappa shape index (κ3) is 6.94. The first-order chi connectivity index (χ1) is 18.0. The maximum Gasteiger partial charge on any atom is 0.166 e. The quantitative estimate of drug-likeness (QED) is 0.228. The van der Waals surface area contributed by atoms with Crippen LogP contribution in [0.4, 0.5) is 13.2 Å². The monoisotopic (exact) mass is 504 g/mol. The Bertz CT molecular complexity index is 1210. The van der Waals surface area contributed by atoms with E-state index in [1.807, 2.05) is 36.4 Å². The van der Waals surface area contributed by atoms with Gasteiger partial charge in [-0.3, -0.25) is 0 Å². The number of hydrogen-bond donors (Lipinski definition) is 0. The largest absolute Gasteiger partial charge is 0.206 e. The summed E-state index contributed by atoms with van der Waals surface area (Å²) in [6.45, 7) is 4.35. The molecular weight excluding hydrogens is 465 g/mol. The number of benzene rings is 3. The van der Waals surface area contributed by atoms with Gasteiger partial charge in [0.1, 0.15) is 5.82 Å². The SMILES string of the molecule is CCCCCc1ccc(-c2ccc(CCc3ccc(C4=CCC(CCC)CC4)c(F)c3F)cc2)c(F)c1. The molecule has 0 bridgehead atoms. The summed E-state index contributed by atoms with van der Waals surface area (Å²) in [5.41, 5.74) is 5.21. The molecule has 0 N–H and O–H groups in total. The second-order valence-electron chi connectivity index (χ2n) is 10.5. The van der Waals surface area contributed by atoms with Crippen molar-refractivity contribution in [3.63, 3.8) is 0 Å². The third-order valence-corrected chi connectivity index (χ3v) is 7.78. The molecule has 4 rings (SSSR count). The molecule has 1 aliphatic rings. The minimum Gasteiger partial charge on any atom is -0.206 e. The van der Waals surface area contributed by atoms with Crippen LogP contribution in [0.2, 0.25) is 0 Å². The van der Waals surface area contributed by atoms with Gasteiger partial charge in [0.25, 0.3) is 0 Å². The van der Waals surface area contributed by atoms with Crippen LogP contribution in [0.3, 0.4) is 0 Å². The van der Waals surface area contributed by atoms with E-state index in [4.69, 9.17) is 0 Å². The lowest BCUT2D eigenvalue weighted by molar-refractivity contribution is 0.443. The molecule has 0 aliphatic heterocycles. The number of halogens is 3. The Morgan fingerprint density at radius 3 is 2.16 bits per heavy atom. The fourth-order valence-corrected chi connectivity index (χ4v) is 5.49.